The van der Waals surface area contributed by atoms with Crippen molar-refractivity contribution in [1.82, 2.24) is 9.88 Å². The van der Waals surface area contributed by atoms with E-state index in [2.05, 4.69) is 13.0 Å². The highest BCUT2D eigenvalue weighted by Gasteiger charge is 2.21. The van der Waals surface area contributed by atoms with Gasteiger partial charge < -0.3 is 14.4 Å². The summed E-state index contributed by atoms with van der Waals surface area (Å²) in [5.74, 6) is 2.58. The van der Waals surface area contributed by atoms with Crippen LogP contribution in [0.5, 0.6) is 11.5 Å². The number of piperidine rings is 1. The lowest BCUT2D eigenvalue weighted by atomic mass is 10.0. The molecule has 0 saturated carbocycles. The standard InChI is InChI=1S/C20H26N2O3S/c1-13-6-5-7-22(11-13)19(23)12-26-20-14(2)8-15-9-17(24-3)18(25-4)10-16(15)21-20/h8-10,13H,5-7,11-12H2,1-4H3/t13-/m1/s1. The summed E-state index contributed by atoms with van der Waals surface area (Å²) in [6.07, 6.45) is 2.32. The van der Waals surface area contributed by atoms with E-state index in [0.29, 0.717) is 23.2 Å². The number of carbonyl (C=O) groups excluding carboxylic acids is 1. The van der Waals surface area contributed by atoms with E-state index in [9.17, 15) is 4.79 Å². The second-order valence-electron chi connectivity index (χ2n) is 6.89. The van der Waals surface area contributed by atoms with Crippen LogP contribution in [0.3, 0.4) is 0 Å². The topological polar surface area (TPSA) is 51.7 Å². The number of benzene rings is 1. The van der Waals surface area contributed by atoms with Gasteiger partial charge in [0.05, 0.1) is 25.5 Å². The van der Waals surface area contributed by atoms with Crippen molar-refractivity contribution < 1.29 is 14.3 Å². The van der Waals surface area contributed by atoms with Crippen LogP contribution in [-0.4, -0.2) is 48.9 Å². The molecule has 6 heteroatoms. The first-order chi connectivity index (χ1) is 12.5. The highest BCUT2D eigenvalue weighted by Crippen LogP contribution is 2.33. The third kappa shape index (κ3) is 4.06. The zero-order chi connectivity index (χ0) is 18.7. The van der Waals surface area contributed by atoms with Crippen LogP contribution in [0.1, 0.15) is 25.3 Å². The van der Waals surface area contributed by atoms with Crippen molar-refractivity contribution in [1.29, 1.82) is 0 Å². The Morgan fingerprint density at radius 3 is 2.69 bits per heavy atom. The molecule has 2 aromatic rings. The summed E-state index contributed by atoms with van der Waals surface area (Å²) in [6, 6.07) is 5.90. The third-order valence-corrected chi connectivity index (χ3v) is 5.88. The lowest BCUT2D eigenvalue weighted by molar-refractivity contribution is -0.130. The van der Waals surface area contributed by atoms with Crippen LogP contribution in [0.4, 0.5) is 0 Å². The number of fused-ring (bicyclic) bond motifs is 1. The van der Waals surface area contributed by atoms with Gasteiger partial charge in [0.25, 0.3) is 0 Å². The molecule has 5 nitrogen and oxygen atoms in total. The molecule has 0 N–H and O–H groups in total. The number of rotatable bonds is 5. The molecule has 1 saturated heterocycles. The Morgan fingerprint density at radius 2 is 2.00 bits per heavy atom. The predicted octanol–water partition coefficient (Wildman–Crippen LogP) is 3.91. The molecular weight excluding hydrogens is 348 g/mol. The number of methoxy groups -OCH3 is 2. The predicted molar refractivity (Wildman–Crippen MR) is 105 cm³/mol. The van der Waals surface area contributed by atoms with Gasteiger partial charge in [-0.2, -0.15) is 0 Å². The molecule has 0 radical (unpaired) electrons. The molecule has 1 amide bonds. The number of thioether (sulfide) groups is 1. The van der Waals surface area contributed by atoms with Gasteiger partial charge in [0.2, 0.25) is 5.91 Å². The van der Waals surface area contributed by atoms with Gasteiger partial charge in [-0.25, -0.2) is 4.98 Å². The highest BCUT2D eigenvalue weighted by atomic mass is 32.2. The zero-order valence-corrected chi connectivity index (χ0v) is 16.7. The van der Waals surface area contributed by atoms with Gasteiger partial charge in [0.1, 0.15) is 5.03 Å². The largest absolute Gasteiger partial charge is 0.493 e. The van der Waals surface area contributed by atoms with Gasteiger partial charge in [-0.1, -0.05) is 18.7 Å². The van der Waals surface area contributed by atoms with Crippen molar-refractivity contribution in [2.45, 2.75) is 31.7 Å². The molecule has 0 spiro atoms. The van der Waals surface area contributed by atoms with Crippen LogP contribution in [0.25, 0.3) is 10.9 Å². The van der Waals surface area contributed by atoms with Gasteiger partial charge in [-0.15, -0.1) is 0 Å². The summed E-state index contributed by atoms with van der Waals surface area (Å²) < 4.78 is 10.7. The SMILES string of the molecule is COc1cc2cc(C)c(SCC(=O)N3CCC[C@@H](C)C3)nc2cc1OC. The molecule has 140 valence electrons. The number of likely N-dealkylation sites (tertiary alicyclic amines) is 1. The minimum Gasteiger partial charge on any atom is -0.493 e. The molecule has 1 aromatic carbocycles. The van der Waals surface area contributed by atoms with E-state index in [1.165, 1.54) is 18.2 Å². The Balaban J connectivity index is 1.77. The minimum atomic E-state index is 0.204. The molecule has 1 aliphatic rings. The Hall–Kier alpha value is -1.95. The first kappa shape index (κ1) is 18.8. The summed E-state index contributed by atoms with van der Waals surface area (Å²) in [4.78, 5) is 19.3. The fourth-order valence-electron chi connectivity index (χ4n) is 3.37. The van der Waals surface area contributed by atoms with Crippen molar-refractivity contribution >= 4 is 28.6 Å². The molecule has 1 aromatic heterocycles. The number of carbonyl (C=O) groups is 1. The Kier molecular flexibility index (Phi) is 5.91. The molecule has 1 aliphatic heterocycles. The van der Waals surface area contributed by atoms with Gasteiger partial charge in [-0.05, 0) is 43.4 Å². The van der Waals surface area contributed by atoms with E-state index < -0.39 is 0 Å². The average Bonchev–Trinajstić information content (AvgIpc) is 2.65. The van der Waals surface area contributed by atoms with E-state index >= 15 is 0 Å². The van der Waals surface area contributed by atoms with Crippen LogP contribution in [0, 0.1) is 12.8 Å². The lowest BCUT2D eigenvalue weighted by Gasteiger charge is -2.30. The molecule has 0 aliphatic carbocycles. The number of aryl methyl sites for hydroxylation is 1. The Labute approximate surface area is 159 Å². The van der Waals surface area contributed by atoms with Crippen LogP contribution in [0.2, 0.25) is 0 Å². The molecule has 1 atom stereocenters. The van der Waals surface area contributed by atoms with Gasteiger partial charge in [-0.3, -0.25) is 4.79 Å². The number of hydrogen-bond acceptors (Lipinski definition) is 5. The van der Waals surface area contributed by atoms with Crippen LogP contribution in [0.15, 0.2) is 23.2 Å². The monoisotopic (exact) mass is 374 g/mol. The van der Waals surface area contributed by atoms with Crippen molar-refractivity contribution in [3.05, 3.63) is 23.8 Å². The molecule has 1 fully saturated rings. The average molecular weight is 375 g/mol. The number of hydrogen-bond donors (Lipinski definition) is 0. The maximum atomic E-state index is 12.5. The number of aromatic nitrogens is 1. The normalized spacial score (nSPS) is 17.4. The van der Waals surface area contributed by atoms with E-state index in [1.54, 1.807) is 14.2 Å². The van der Waals surface area contributed by atoms with E-state index in [1.807, 2.05) is 24.0 Å². The molecule has 26 heavy (non-hydrogen) atoms. The summed E-state index contributed by atoms with van der Waals surface area (Å²) in [5, 5.41) is 1.89. The Morgan fingerprint density at radius 1 is 1.27 bits per heavy atom. The van der Waals surface area contributed by atoms with Crippen LogP contribution < -0.4 is 9.47 Å². The highest BCUT2D eigenvalue weighted by molar-refractivity contribution is 7.99. The molecule has 2 heterocycles. The minimum absolute atomic E-state index is 0.204. The van der Waals surface area contributed by atoms with Crippen molar-refractivity contribution in [3.8, 4) is 11.5 Å². The van der Waals surface area contributed by atoms with Gasteiger partial charge in [0, 0.05) is 24.5 Å². The smallest absolute Gasteiger partial charge is 0.232 e. The van der Waals surface area contributed by atoms with E-state index in [-0.39, 0.29) is 5.91 Å². The van der Waals surface area contributed by atoms with Crippen molar-refractivity contribution in [3.63, 3.8) is 0 Å². The zero-order valence-electron chi connectivity index (χ0n) is 15.9. The maximum absolute atomic E-state index is 12.5. The first-order valence-corrected chi connectivity index (χ1v) is 9.94. The van der Waals surface area contributed by atoms with E-state index in [4.69, 9.17) is 14.5 Å². The number of pyridine rings is 1. The van der Waals surface area contributed by atoms with Crippen molar-refractivity contribution in [2.75, 3.05) is 33.1 Å². The van der Waals surface area contributed by atoms with Crippen molar-refractivity contribution in [2.24, 2.45) is 5.92 Å². The molecule has 0 unspecified atom stereocenters. The number of ether oxygens (including phenoxy) is 2. The lowest BCUT2D eigenvalue weighted by Crippen LogP contribution is -2.40. The maximum Gasteiger partial charge on any atom is 0.232 e. The van der Waals surface area contributed by atoms with E-state index in [0.717, 1.165) is 41.0 Å². The first-order valence-electron chi connectivity index (χ1n) is 8.95. The van der Waals surface area contributed by atoms with Gasteiger partial charge >= 0.3 is 0 Å². The second-order valence-corrected chi connectivity index (χ2v) is 7.85. The molecule has 0 bridgehead atoms. The summed E-state index contributed by atoms with van der Waals surface area (Å²) in [7, 11) is 3.24. The number of amides is 1. The summed E-state index contributed by atoms with van der Waals surface area (Å²) in [6.45, 7) is 5.99. The van der Waals surface area contributed by atoms with Crippen LogP contribution in [-0.2, 0) is 4.79 Å². The fraction of sp³-hybridized carbons (Fsp3) is 0.500. The molecular formula is C20H26N2O3S. The number of nitrogens with zero attached hydrogens (tertiary/aromatic N) is 2. The van der Waals surface area contributed by atoms with Crippen LogP contribution >= 0.6 is 11.8 Å². The second kappa shape index (κ2) is 8.16. The summed E-state index contributed by atoms with van der Waals surface area (Å²) in [5.41, 5.74) is 1.91. The molecule has 3 rings (SSSR count). The third-order valence-electron chi connectivity index (χ3n) is 4.81. The summed E-state index contributed by atoms with van der Waals surface area (Å²) >= 11 is 1.51. The van der Waals surface area contributed by atoms with Gasteiger partial charge in [0.15, 0.2) is 11.5 Å². The fourth-order valence-corrected chi connectivity index (χ4v) is 4.26. The quantitative estimate of drug-likeness (QED) is 0.743. The Bertz CT molecular complexity index is 809.